The maximum absolute atomic E-state index is 12.7. The molecule has 0 aliphatic rings. The number of alkyl halides is 2. The molecule has 2 rings (SSSR count). The van der Waals surface area contributed by atoms with E-state index in [9.17, 15) is 13.6 Å². The van der Waals surface area contributed by atoms with E-state index in [2.05, 4.69) is 5.32 Å². The third-order valence-electron chi connectivity index (χ3n) is 3.53. The number of amides is 2. The van der Waals surface area contributed by atoms with Crippen LogP contribution in [0.1, 0.15) is 19.8 Å². The topological polar surface area (TPSA) is 58.4 Å². The van der Waals surface area contributed by atoms with Crippen molar-refractivity contribution in [1.29, 1.82) is 0 Å². The fourth-order valence-corrected chi connectivity index (χ4v) is 2.97. The lowest BCUT2D eigenvalue weighted by Gasteiger charge is -2.23. The number of nitrogens with zero attached hydrogens (tertiary/aromatic N) is 1. The number of nitrogen functional groups attached to an aromatic ring is 1. The molecule has 3 N–H and O–H groups in total. The normalized spacial score (nSPS) is 10.8. The lowest BCUT2D eigenvalue weighted by atomic mass is 10.1. The van der Waals surface area contributed by atoms with E-state index in [4.69, 9.17) is 5.73 Å². The molecule has 0 aliphatic heterocycles. The third kappa shape index (κ3) is 4.92. The molecule has 4 nitrogen and oxygen atoms in total. The zero-order valence-corrected chi connectivity index (χ0v) is 14.3. The minimum atomic E-state index is -2.57. The minimum Gasteiger partial charge on any atom is -0.397 e. The van der Waals surface area contributed by atoms with Crippen molar-refractivity contribution in [2.75, 3.05) is 24.1 Å². The Labute approximate surface area is 144 Å². The Morgan fingerprint density at radius 3 is 2.79 bits per heavy atom. The van der Waals surface area contributed by atoms with Gasteiger partial charge in [-0.2, -0.15) is 0 Å². The third-order valence-corrected chi connectivity index (χ3v) is 4.45. The van der Waals surface area contributed by atoms with Crippen molar-refractivity contribution >= 4 is 28.7 Å². The van der Waals surface area contributed by atoms with Crippen LogP contribution in [-0.4, -0.2) is 30.4 Å². The maximum Gasteiger partial charge on any atom is 0.322 e. The summed E-state index contributed by atoms with van der Waals surface area (Å²) in [4.78, 5) is 14.5. The number of nitrogens with two attached hydrogens (primary N) is 1. The summed E-state index contributed by atoms with van der Waals surface area (Å²) in [5.74, 6) is 0. The van der Waals surface area contributed by atoms with Gasteiger partial charge in [0.25, 0.3) is 6.43 Å². The van der Waals surface area contributed by atoms with Gasteiger partial charge < -0.3 is 16.0 Å². The van der Waals surface area contributed by atoms with E-state index in [1.807, 2.05) is 30.5 Å². The van der Waals surface area contributed by atoms with Crippen molar-refractivity contribution < 1.29 is 13.6 Å². The van der Waals surface area contributed by atoms with Gasteiger partial charge in [0.05, 0.1) is 17.9 Å². The SMILES string of the molecule is CCCCN(CC(F)F)C(=O)Nc1cc(-c2cccs2)ccc1N. The number of rotatable bonds is 7. The molecule has 0 unspecified atom stereocenters. The van der Waals surface area contributed by atoms with Gasteiger partial charge >= 0.3 is 6.03 Å². The predicted molar refractivity (Wildman–Crippen MR) is 95.7 cm³/mol. The molecular weight excluding hydrogens is 332 g/mol. The highest BCUT2D eigenvalue weighted by molar-refractivity contribution is 7.13. The Morgan fingerprint density at radius 1 is 1.38 bits per heavy atom. The molecule has 0 saturated carbocycles. The highest BCUT2D eigenvalue weighted by atomic mass is 32.1. The highest BCUT2D eigenvalue weighted by Crippen LogP contribution is 2.30. The van der Waals surface area contributed by atoms with Crippen molar-refractivity contribution in [3.05, 3.63) is 35.7 Å². The van der Waals surface area contributed by atoms with Crippen molar-refractivity contribution in [3.8, 4) is 10.4 Å². The summed E-state index contributed by atoms with van der Waals surface area (Å²) in [7, 11) is 0. The molecular formula is C17H21F2N3OS. The lowest BCUT2D eigenvalue weighted by Crippen LogP contribution is -2.39. The summed E-state index contributed by atoms with van der Waals surface area (Å²) in [6, 6.07) is 8.67. The number of anilines is 2. The van der Waals surface area contributed by atoms with E-state index in [1.54, 1.807) is 23.5 Å². The second-order valence-corrected chi connectivity index (χ2v) is 6.35. The average molecular weight is 353 g/mol. The van der Waals surface area contributed by atoms with Crippen molar-refractivity contribution in [2.45, 2.75) is 26.2 Å². The van der Waals surface area contributed by atoms with Crippen LogP contribution >= 0.6 is 11.3 Å². The molecule has 0 fully saturated rings. The molecule has 1 aromatic heterocycles. The Morgan fingerprint density at radius 2 is 2.17 bits per heavy atom. The number of thiophene rings is 1. The number of halogens is 2. The van der Waals surface area contributed by atoms with E-state index >= 15 is 0 Å². The Kier molecular flexibility index (Phi) is 6.54. The van der Waals surface area contributed by atoms with Gasteiger partial charge in [0.1, 0.15) is 0 Å². The highest BCUT2D eigenvalue weighted by Gasteiger charge is 2.18. The first-order valence-corrected chi connectivity index (χ1v) is 8.66. The number of carbonyl (C=O) groups excluding carboxylic acids is 1. The monoisotopic (exact) mass is 353 g/mol. The second-order valence-electron chi connectivity index (χ2n) is 5.40. The molecule has 1 heterocycles. The number of hydrogen-bond acceptors (Lipinski definition) is 3. The zero-order valence-electron chi connectivity index (χ0n) is 13.5. The summed E-state index contributed by atoms with van der Waals surface area (Å²) in [6.45, 7) is 1.65. The van der Waals surface area contributed by atoms with Gasteiger partial charge in [-0.05, 0) is 35.6 Å². The van der Waals surface area contributed by atoms with Gasteiger partial charge in [0, 0.05) is 11.4 Å². The zero-order chi connectivity index (χ0) is 17.5. The molecule has 0 spiro atoms. The first-order valence-electron chi connectivity index (χ1n) is 7.78. The van der Waals surface area contributed by atoms with E-state index in [-0.39, 0.29) is 6.54 Å². The van der Waals surface area contributed by atoms with Crippen molar-refractivity contribution in [1.82, 2.24) is 4.90 Å². The lowest BCUT2D eigenvalue weighted by molar-refractivity contribution is 0.102. The number of nitrogens with one attached hydrogen (secondary N) is 1. The van der Waals surface area contributed by atoms with E-state index in [0.29, 0.717) is 17.8 Å². The molecule has 7 heteroatoms. The maximum atomic E-state index is 12.7. The van der Waals surface area contributed by atoms with Crippen LogP contribution in [0.15, 0.2) is 35.7 Å². The molecule has 0 bridgehead atoms. The predicted octanol–water partition coefficient (Wildman–Crippen LogP) is 4.90. The fraction of sp³-hybridized carbons (Fsp3) is 0.353. The largest absolute Gasteiger partial charge is 0.397 e. The summed E-state index contributed by atoms with van der Waals surface area (Å²) in [5.41, 5.74) is 7.67. The van der Waals surface area contributed by atoms with Gasteiger partial charge in [-0.25, -0.2) is 13.6 Å². The number of hydrogen-bond donors (Lipinski definition) is 2. The molecule has 0 radical (unpaired) electrons. The fourth-order valence-electron chi connectivity index (χ4n) is 2.25. The van der Waals surface area contributed by atoms with Crippen LogP contribution in [0.2, 0.25) is 0 Å². The van der Waals surface area contributed by atoms with Crippen molar-refractivity contribution in [2.24, 2.45) is 0 Å². The smallest absolute Gasteiger partial charge is 0.322 e. The molecule has 0 atom stereocenters. The van der Waals surface area contributed by atoms with Crippen LogP contribution in [0, 0.1) is 0 Å². The molecule has 2 aromatic rings. The van der Waals surface area contributed by atoms with E-state index in [0.717, 1.165) is 21.8 Å². The van der Waals surface area contributed by atoms with Crippen LogP contribution in [0.4, 0.5) is 25.0 Å². The van der Waals surface area contributed by atoms with Crippen LogP contribution < -0.4 is 11.1 Å². The van der Waals surface area contributed by atoms with E-state index < -0.39 is 19.0 Å². The molecule has 130 valence electrons. The molecule has 2 amide bonds. The molecule has 0 aliphatic carbocycles. The Hall–Kier alpha value is -2.15. The van der Waals surface area contributed by atoms with Crippen LogP contribution in [0.3, 0.4) is 0 Å². The molecule has 0 saturated heterocycles. The summed E-state index contributed by atoms with van der Waals surface area (Å²) < 4.78 is 25.4. The van der Waals surface area contributed by atoms with Crippen LogP contribution in [-0.2, 0) is 0 Å². The first kappa shape index (κ1) is 18.2. The first-order chi connectivity index (χ1) is 11.5. The van der Waals surface area contributed by atoms with E-state index in [1.165, 1.54) is 0 Å². The average Bonchev–Trinajstić information content (AvgIpc) is 3.07. The minimum absolute atomic E-state index is 0.289. The van der Waals surface area contributed by atoms with Gasteiger partial charge in [-0.3, -0.25) is 0 Å². The van der Waals surface area contributed by atoms with Gasteiger partial charge in [0.2, 0.25) is 0 Å². The van der Waals surface area contributed by atoms with Crippen molar-refractivity contribution in [3.63, 3.8) is 0 Å². The number of benzene rings is 1. The second kappa shape index (κ2) is 8.63. The quantitative estimate of drug-likeness (QED) is 0.696. The van der Waals surface area contributed by atoms with Crippen LogP contribution in [0.5, 0.6) is 0 Å². The number of carbonyl (C=O) groups is 1. The summed E-state index contributed by atoms with van der Waals surface area (Å²) in [5, 5.41) is 4.62. The molecule has 1 aromatic carbocycles. The Balaban J connectivity index is 2.15. The summed E-state index contributed by atoms with van der Waals surface area (Å²) in [6.07, 6.45) is -1.07. The van der Waals surface area contributed by atoms with Gasteiger partial charge in [-0.15, -0.1) is 11.3 Å². The Bertz CT molecular complexity index is 662. The van der Waals surface area contributed by atoms with Gasteiger partial charge in [0.15, 0.2) is 0 Å². The number of urea groups is 1. The van der Waals surface area contributed by atoms with Crippen LogP contribution in [0.25, 0.3) is 10.4 Å². The van der Waals surface area contributed by atoms with Gasteiger partial charge in [-0.1, -0.05) is 25.5 Å². The molecule has 24 heavy (non-hydrogen) atoms. The number of unbranched alkanes of at least 4 members (excludes halogenated alkanes) is 1. The summed E-state index contributed by atoms with van der Waals surface area (Å²) >= 11 is 1.57. The standard InChI is InChI=1S/C17H21F2N3OS/c1-2-3-8-22(11-16(18)19)17(23)21-14-10-12(6-7-13(14)20)15-5-4-9-24-15/h4-7,9-10,16H,2-3,8,11,20H2,1H3,(H,21,23).